The SMILES string of the molecule is CC1(C)c2cc3ccccc3cc2-c2c1c1ccc(N(c3ccccc3)c3ccccc3-c3ccccc3)cc1c1ccccc21. The van der Waals surface area contributed by atoms with Gasteiger partial charge in [-0.25, -0.2) is 0 Å². The molecule has 46 heavy (non-hydrogen) atoms. The fraction of sp³-hybridized carbons (Fsp3) is 0.0667. The first-order valence-corrected chi connectivity index (χ1v) is 16.1. The third-order valence-corrected chi connectivity index (χ3v) is 9.96. The maximum absolute atomic E-state index is 2.43. The van der Waals surface area contributed by atoms with Crippen LogP contribution in [0.15, 0.2) is 164 Å². The lowest BCUT2D eigenvalue weighted by molar-refractivity contribution is 0.667. The van der Waals surface area contributed by atoms with E-state index in [0.717, 1.165) is 17.1 Å². The highest BCUT2D eigenvalue weighted by atomic mass is 15.1. The van der Waals surface area contributed by atoms with Gasteiger partial charge in [-0.3, -0.25) is 0 Å². The summed E-state index contributed by atoms with van der Waals surface area (Å²) in [6, 6.07) is 59.9. The molecule has 0 radical (unpaired) electrons. The van der Waals surface area contributed by atoms with Crippen LogP contribution in [0.1, 0.15) is 25.0 Å². The van der Waals surface area contributed by atoms with Crippen LogP contribution in [0.3, 0.4) is 0 Å². The molecule has 0 unspecified atom stereocenters. The molecular formula is C45H33N. The van der Waals surface area contributed by atoms with Crippen LogP contribution in [-0.2, 0) is 5.41 Å². The van der Waals surface area contributed by atoms with Crippen molar-refractivity contribution in [3.63, 3.8) is 0 Å². The van der Waals surface area contributed by atoms with Gasteiger partial charge in [0, 0.05) is 22.4 Å². The molecule has 0 heterocycles. The van der Waals surface area contributed by atoms with E-state index in [2.05, 4.69) is 183 Å². The molecule has 0 bridgehead atoms. The Hall–Kier alpha value is -5.66. The van der Waals surface area contributed by atoms with Crippen LogP contribution in [0.5, 0.6) is 0 Å². The van der Waals surface area contributed by atoms with Gasteiger partial charge in [0.15, 0.2) is 0 Å². The van der Waals surface area contributed by atoms with Crippen molar-refractivity contribution in [3.05, 3.63) is 175 Å². The molecular weight excluding hydrogens is 555 g/mol. The standard InChI is InChI=1S/C45H33N/c1-45(2)41-28-32-18-10-9-17-31(32)27-40(41)43-37-23-12-11-22-36(37)39-29-34(25-26-38(39)44(43)45)46(33-19-7-4-8-20-33)42-24-14-13-21-35(42)30-15-5-3-6-16-30/h3-29H,1-2H3. The van der Waals surface area contributed by atoms with Crippen LogP contribution in [0.4, 0.5) is 17.1 Å². The molecule has 1 nitrogen and oxygen atoms in total. The summed E-state index contributed by atoms with van der Waals surface area (Å²) in [7, 11) is 0. The molecule has 8 aromatic rings. The van der Waals surface area contributed by atoms with Gasteiger partial charge >= 0.3 is 0 Å². The van der Waals surface area contributed by atoms with E-state index in [1.54, 1.807) is 0 Å². The van der Waals surface area contributed by atoms with Crippen LogP contribution in [-0.4, -0.2) is 0 Å². The Morgan fingerprint density at radius 3 is 1.85 bits per heavy atom. The average molecular weight is 588 g/mol. The minimum absolute atomic E-state index is 0.141. The lowest BCUT2D eigenvalue weighted by Crippen LogP contribution is -2.16. The number of hydrogen-bond acceptors (Lipinski definition) is 1. The van der Waals surface area contributed by atoms with Crippen LogP contribution >= 0.6 is 0 Å². The lowest BCUT2D eigenvalue weighted by atomic mass is 9.79. The first kappa shape index (κ1) is 26.7. The van der Waals surface area contributed by atoms with Gasteiger partial charge in [-0.05, 0) is 103 Å². The lowest BCUT2D eigenvalue weighted by Gasteiger charge is -2.29. The summed E-state index contributed by atoms with van der Waals surface area (Å²) in [6.07, 6.45) is 0. The zero-order valence-electron chi connectivity index (χ0n) is 26.0. The molecule has 8 aromatic carbocycles. The number of nitrogens with zero attached hydrogens (tertiary/aromatic N) is 1. The van der Waals surface area contributed by atoms with Crippen molar-refractivity contribution in [2.75, 3.05) is 4.90 Å². The Bertz CT molecular complexity index is 2440. The van der Waals surface area contributed by atoms with Gasteiger partial charge in [-0.15, -0.1) is 0 Å². The Morgan fingerprint density at radius 2 is 1.07 bits per heavy atom. The smallest absolute Gasteiger partial charge is 0.0540 e. The summed E-state index contributed by atoms with van der Waals surface area (Å²) in [5, 5.41) is 7.82. The molecule has 1 aliphatic carbocycles. The topological polar surface area (TPSA) is 3.24 Å². The van der Waals surface area contributed by atoms with Crippen LogP contribution < -0.4 is 4.90 Å². The van der Waals surface area contributed by atoms with Crippen molar-refractivity contribution >= 4 is 49.4 Å². The number of para-hydroxylation sites is 2. The highest BCUT2D eigenvalue weighted by Gasteiger charge is 2.38. The molecule has 1 heteroatoms. The van der Waals surface area contributed by atoms with Gasteiger partial charge in [0.2, 0.25) is 0 Å². The van der Waals surface area contributed by atoms with Crippen molar-refractivity contribution in [1.82, 2.24) is 0 Å². The monoisotopic (exact) mass is 587 g/mol. The number of anilines is 3. The van der Waals surface area contributed by atoms with E-state index in [9.17, 15) is 0 Å². The minimum Gasteiger partial charge on any atom is -0.310 e. The predicted molar refractivity (Wildman–Crippen MR) is 197 cm³/mol. The maximum Gasteiger partial charge on any atom is 0.0540 e. The zero-order valence-corrected chi connectivity index (χ0v) is 26.0. The van der Waals surface area contributed by atoms with E-state index in [0.29, 0.717) is 0 Å². The summed E-state index contributed by atoms with van der Waals surface area (Å²) in [6.45, 7) is 4.81. The van der Waals surface area contributed by atoms with E-state index < -0.39 is 0 Å². The fourth-order valence-electron chi connectivity index (χ4n) is 7.88. The number of fused-ring (bicyclic) bond motifs is 9. The first-order valence-electron chi connectivity index (χ1n) is 16.1. The van der Waals surface area contributed by atoms with E-state index >= 15 is 0 Å². The summed E-state index contributed by atoms with van der Waals surface area (Å²) < 4.78 is 0. The molecule has 9 rings (SSSR count). The number of rotatable bonds is 4. The maximum atomic E-state index is 2.43. The Balaban J connectivity index is 1.33. The molecule has 0 saturated carbocycles. The molecule has 0 fully saturated rings. The molecule has 1 aliphatic rings. The molecule has 218 valence electrons. The van der Waals surface area contributed by atoms with Gasteiger partial charge in [0.05, 0.1) is 5.69 Å². The molecule has 0 aliphatic heterocycles. The number of hydrogen-bond donors (Lipinski definition) is 0. The summed E-state index contributed by atoms with van der Waals surface area (Å²) in [5.41, 5.74) is 11.3. The highest BCUT2D eigenvalue weighted by molar-refractivity contribution is 6.19. The second kappa shape index (κ2) is 10.2. The highest BCUT2D eigenvalue weighted by Crippen LogP contribution is 2.56. The minimum atomic E-state index is -0.141. The van der Waals surface area contributed by atoms with E-state index in [1.807, 2.05) is 0 Å². The molecule has 0 N–H and O–H groups in total. The Labute approximate surface area is 270 Å². The quantitative estimate of drug-likeness (QED) is 0.185. The van der Waals surface area contributed by atoms with Crippen molar-refractivity contribution < 1.29 is 0 Å². The Morgan fingerprint density at radius 1 is 0.435 bits per heavy atom. The second-order valence-corrected chi connectivity index (χ2v) is 12.9. The summed E-state index contributed by atoms with van der Waals surface area (Å²) in [4.78, 5) is 2.41. The molecule has 0 atom stereocenters. The normalized spacial score (nSPS) is 13.2. The third kappa shape index (κ3) is 3.95. The predicted octanol–water partition coefficient (Wildman–Crippen LogP) is 12.6. The summed E-state index contributed by atoms with van der Waals surface area (Å²) >= 11 is 0. The van der Waals surface area contributed by atoms with Crippen LogP contribution in [0.2, 0.25) is 0 Å². The van der Waals surface area contributed by atoms with Gasteiger partial charge in [0.25, 0.3) is 0 Å². The van der Waals surface area contributed by atoms with Crippen LogP contribution in [0.25, 0.3) is 54.6 Å². The molecule has 0 aromatic heterocycles. The molecule has 0 spiro atoms. The van der Waals surface area contributed by atoms with E-state index in [1.165, 1.54) is 65.7 Å². The fourth-order valence-corrected chi connectivity index (χ4v) is 7.88. The first-order chi connectivity index (χ1) is 22.6. The second-order valence-electron chi connectivity index (χ2n) is 12.9. The van der Waals surface area contributed by atoms with Crippen molar-refractivity contribution in [2.24, 2.45) is 0 Å². The molecule has 0 amide bonds. The zero-order chi connectivity index (χ0) is 30.8. The van der Waals surface area contributed by atoms with E-state index in [-0.39, 0.29) is 5.41 Å². The number of benzene rings is 8. The van der Waals surface area contributed by atoms with Crippen molar-refractivity contribution in [3.8, 4) is 22.3 Å². The van der Waals surface area contributed by atoms with Crippen LogP contribution in [0, 0.1) is 0 Å². The van der Waals surface area contributed by atoms with Gasteiger partial charge in [0.1, 0.15) is 0 Å². The van der Waals surface area contributed by atoms with Crippen molar-refractivity contribution in [2.45, 2.75) is 19.3 Å². The van der Waals surface area contributed by atoms with Gasteiger partial charge < -0.3 is 4.90 Å². The Kier molecular flexibility index (Phi) is 5.92. The van der Waals surface area contributed by atoms with Gasteiger partial charge in [-0.2, -0.15) is 0 Å². The van der Waals surface area contributed by atoms with Crippen molar-refractivity contribution in [1.29, 1.82) is 0 Å². The van der Waals surface area contributed by atoms with E-state index in [4.69, 9.17) is 0 Å². The summed E-state index contributed by atoms with van der Waals surface area (Å²) in [5.74, 6) is 0. The molecule has 0 saturated heterocycles. The largest absolute Gasteiger partial charge is 0.310 e. The third-order valence-electron chi connectivity index (χ3n) is 9.96. The van der Waals surface area contributed by atoms with Gasteiger partial charge in [-0.1, -0.05) is 135 Å². The average Bonchev–Trinajstić information content (AvgIpc) is 3.34.